The van der Waals surface area contributed by atoms with Crippen LogP contribution in [-0.4, -0.2) is 59.4 Å². The topological polar surface area (TPSA) is 107 Å². The average Bonchev–Trinajstić information content (AvgIpc) is 2.25. The summed E-state index contributed by atoms with van der Waals surface area (Å²) in [5.41, 5.74) is -1.03. The second kappa shape index (κ2) is 6.72. The van der Waals surface area contributed by atoms with Crippen LogP contribution in [0, 0.1) is 5.41 Å². The molecule has 0 aliphatic carbocycles. The van der Waals surface area contributed by atoms with Crippen LogP contribution in [0.5, 0.6) is 0 Å². The quantitative estimate of drug-likeness (QED) is 0.356. The molecule has 0 aromatic carbocycles. The zero-order valence-electron chi connectivity index (χ0n) is 7.85. The summed E-state index contributed by atoms with van der Waals surface area (Å²) in [6.45, 7) is -1.94. The van der Waals surface area contributed by atoms with E-state index in [1.54, 1.807) is 0 Å². The van der Waals surface area contributed by atoms with E-state index in [2.05, 4.69) is 4.74 Å². The largest absolute Gasteiger partial charge is 0.464 e. The van der Waals surface area contributed by atoms with Crippen molar-refractivity contribution in [1.29, 1.82) is 0 Å². The van der Waals surface area contributed by atoms with Gasteiger partial charge >= 0.3 is 5.97 Å². The van der Waals surface area contributed by atoms with Crippen LogP contribution in [0.3, 0.4) is 0 Å². The minimum absolute atomic E-state index is 0.0545. The maximum atomic E-state index is 10.5. The highest BCUT2D eigenvalue weighted by Crippen LogP contribution is 2.19. The summed E-state index contributed by atoms with van der Waals surface area (Å²) in [4.78, 5) is 10.5. The number of aliphatic hydroxyl groups is 4. The second-order valence-electron chi connectivity index (χ2n) is 3.10. The maximum absolute atomic E-state index is 10.5. The summed E-state index contributed by atoms with van der Waals surface area (Å²) < 4.78 is 4.53. The molecule has 0 radical (unpaired) electrons. The lowest BCUT2D eigenvalue weighted by molar-refractivity contribution is -0.148. The molecule has 0 saturated carbocycles. The molecular weight excluding hydrogens is 192 g/mol. The molecule has 0 aromatic heterocycles. The van der Waals surface area contributed by atoms with E-state index in [4.69, 9.17) is 20.4 Å². The van der Waals surface area contributed by atoms with Gasteiger partial charge < -0.3 is 25.2 Å². The molecular formula is C8H16O6. The van der Waals surface area contributed by atoms with Crippen molar-refractivity contribution in [2.45, 2.75) is 6.42 Å². The van der Waals surface area contributed by atoms with Crippen LogP contribution in [0.25, 0.3) is 0 Å². The van der Waals surface area contributed by atoms with Crippen LogP contribution >= 0.6 is 0 Å². The number of aliphatic hydroxyl groups excluding tert-OH is 4. The first-order chi connectivity index (χ1) is 6.64. The number of rotatable bonds is 7. The lowest BCUT2D eigenvalue weighted by Gasteiger charge is -2.26. The Morgan fingerprint density at radius 3 is 1.93 bits per heavy atom. The molecule has 14 heavy (non-hydrogen) atoms. The highest BCUT2D eigenvalue weighted by atomic mass is 16.5. The smallest absolute Gasteiger partial charge is 0.331 e. The van der Waals surface area contributed by atoms with Crippen molar-refractivity contribution >= 4 is 5.97 Å². The third-order valence-electron chi connectivity index (χ3n) is 2.03. The Morgan fingerprint density at radius 1 is 1.07 bits per heavy atom. The Kier molecular flexibility index (Phi) is 6.39. The van der Waals surface area contributed by atoms with E-state index in [0.717, 1.165) is 0 Å². The van der Waals surface area contributed by atoms with Crippen molar-refractivity contribution in [2.24, 2.45) is 5.41 Å². The van der Waals surface area contributed by atoms with E-state index in [0.29, 0.717) is 0 Å². The Bertz CT molecular complexity index is 157. The van der Waals surface area contributed by atoms with Crippen LogP contribution in [0.2, 0.25) is 0 Å². The van der Waals surface area contributed by atoms with Gasteiger partial charge in [0, 0.05) is 5.41 Å². The lowest BCUT2D eigenvalue weighted by Crippen LogP contribution is -2.35. The van der Waals surface area contributed by atoms with Crippen LogP contribution in [-0.2, 0) is 9.53 Å². The van der Waals surface area contributed by atoms with E-state index in [1.165, 1.54) is 0 Å². The summed E-state index contributed by atoms with van der Waals surface area (Å²) in [6.07, 6.45) is 0.141. The van der Waals surface area contributed by atoms with Crippen molar-refractivity contribution in [3.8, 4) is 0 Å². The summed E-state index contributed by atoms with van der Waals surface area (Å²) in [5.74, 6) is -0.771. The molecule has 0 bridgehead atoms. The fourth-order valence-electron chi connectivity index (χ4n) is 0.814. The minimum atomic E-state index is -1.03. The first-order valence-electron chi connectivity index (χ1n) is 4.23. The number of carbonyl (C=O) groups is 1. The molecule has 0 unspecified atom stereocenters. The minimum Gasteiger partial charge on any atom is -0.464 e. The van der Waals surface area contributed by atoms with Gasteiger partial charge in [-0.05, 0) is 6.42 Å². The van der Waals surface area contributed by atoms with Gasteiger partial charge in [-0.2, -0.15) is 0 Å². The third kappa shape index (κ3) is 4.01. The Balaban J connectivity index is 3.88. The van der Waals surface area contributed by atoms with Gasteiger partial charge in [0.2, 0.25) is 0 Å². The SMILES string of the molecule is O=C(CO)OCCC(CO)(CO)CO. The van der Waals surface area contributed by atoms with Crippen molar-refractivity contribution in [2.75, 3.05) is 33.0 Å². The van der Waals surface area contributed by atoms with Gasteiger partial charge in [0.1, 0.15) is 6.61 Å². The second-order valence-corrected chi connectivity index (χ2v) is 3.10. The van der Waals surface area contributed by atoms with Gasteiger partial charge in [0.25, 0.3) is 0 Å². The van der Waals surface area contributed by atoms with Gasteiger partial charge in [0.15, 0.2) is 0 Å². The molecule has 0 rings (SSSR count). The zero-order valence-corrected chi connectivity index (χ0v) is 7.85. The van der Waals surface area contributed by atoms with E-state index in [-0.39, 0.29) is 13.0 Å². The molecule has 0 aliphatic heterocycles. The number of esters is 1. The lowest BCUT2D eigenvalue weighted by atomic mass is 9.88. The number of carbonyl (C=O) groups excluding carboxylic acids is 1. The monoisotopic (exact) mass is 208 g/mol. The van der Waals surface area contributed by atoms with Gasteiger partial charge in [-0.15, -0.1) is 0 Å². The van der Waals surface area contributed by atoms with Gasteiger partial charge in [-0.25, -0.2) is 4.79 Å². The molecule has 0 aromatic rings. The molecule has 4 N–H and O–H groups in total. The van der Waals surface area contributed by atoms with Crippen LogP contribution in [0.15, 0.2) is 0 Å². The fraction of sp³-hybridized carbons (Fsp3) is 0.875. The summed E-state index contributed by atoms with van der Waals surface area (Å²) in [7, 11) is 0. The molecule has 84 valence electrons. The molecule has 0 amide bonds. The van der Waals surface area contributed by atoms with E-state index in [1.807, 2.05) is 0 Å². The molecule has 0 aliphatic rings. The molecule has 0 atom stereocenters. The van der Waals surface area contributed by atoms with Crippen molar-refractivity contribution in [3.63, 3.8) is 0 Å². The summed E-state index contributed by atoms with van der Waals surface area (Å²) >= 11 is 0. The molecule has 0 fully saturated rings. The van der Waals surface area contributed by atoms with Crippen molar-refractivity contribution in [3.05, 3.63) is 0 Å². The van der Waals surface area contributed by atoms with E-state index in [9.17, 15) is 4.79 Å². The Labute approximate surface area is 81.7 Å². The van der Waals surface area contributed by atoms with Crippen LogP contribution in [0.1, 0.15) is 6.42 Å². The number of hydrogen-bond acceptors (Lipinski definition) is 6. The van der Waals surface area contributed by atoms with Crippen LogP contribution in [0.4, 0.5) is 0 Å². The Hall–Kier alpha value is -0.690. The van der Waals surface area contributed by atoms with Gasteiger partial charge in [-0.1, -0.05) is 0 Å². The maximum Gasteiger partial charge on any atom is 0.331 e. The fourth-order valence-corrected chi connectivity index (χ4v) is 0.814. The van der Waals surface area contributed by atoms with E-state index >= 15 is 0 Å². The standard InChI is InChI=1S/C8H16O6/c9-3-7(13)14-2-1-8(4-10,5-11)6-12/h9-12H,1-6H2. The molecule has 0 spiro atoms. The normalized spacial score (nSPS) is 11.4. The van der Waals surface area contributed by atoms with Gasteiger partial charge in [-0.3, -0.25) is 0 Å². The van der Waals surface area contributed by atoms with Gasteiger partial charge in [0.05, 0.1) is 26.4 Å². The van der Waals surface area contributed by atoms with Crippen molar-refractivity contribution < 1.29 is 30.0 Å². The third-order valence-corrected chi connectivity index (χ3v) is 2.03. The first-order valence-corrected chi connectivity index (χ1v) is 4.23. The predicted molar refractivity (Wildman–Crippen MR) is 46.4 cm³/mol. The van der Waals surface area contributed by atoms with E-state index < -0.39 is 37.8 Å². The number of hydrogen-bond donors (Lipinski definition) is 4. The average molecular weight is 208 g/mol. The molecule has 6 nitrogen and oxygen atoms in total. The predicted octanol–water partition coefficient (Wildman–Crippen LogP) is -2.12. The van der Waals surface area contributed by atoms with Crippen molar-refractivity contribution in [1.82, 2.24) is 0 Å². The highest BCUT2D eigenvalue weighted by molar-refractivity contribution is 5.70. The summed E-state index contributed by atoms with van der Waals surface area (Å²) in [5, 5.41) is 35.0. The Morgan fingerprint density at radius 2 is 1.57 bits per heavy atom. The van der Waals surface area contributed by atoms with Crippen LogP contribution < -0.4 is 0 Å². The zero-order chi connectivity index (χ0) is 11.0. The summed E-state index contributed by atoms with van der Waals surface area (Å²) in [6, 6.07) is 0. The molecule has 6 heteroatoms. The number of ether oxygens (including phenoxy) is 1. The molecule has 0 heterocycles. The first kappa shape index (κ1) is 13.3. The molecule has 0 saturated heterocycles. The highest BCUT2D eigenvalue weighted by Gasteiger charge is 2.28.